The summed E-state index contributed by atoms with van der Waals surface area (Å²) in [6, 6.07) is 10.5. The molecule has 0 spiro atoms. The number of hydrogen-bond donors (Lipinski definition) is 1. The lowest BCUT2D eigenvalue weighted by Gasteiger charge is -2.14. The van der Waals surface area contributed by atoms with Gasteiger partial charge in [-0.2, -0.15) is 0 Å². The topological polar surface area (TPSA) is 90.4 Å². The minimum absolute atomic E-state index is 0.260. The fraction of sp³-hybridized carbons (Fsp3) is 0.200. The molecular formula is C20H19N3O4. The first-order chi connectivity index (χ1) is 13.0. The molecule has 138 valence electrons. The van der Waals surface area contributed by atoms with Crippen molar-refractivity contribution in [3.8, 4) is 0 Å². The molecule has 1 aromatic carbocycles. The molecule has 2 heterocycles. The van der Waals surface area contributed by atoms with Crippen LogP contribution in [0.1, 0.15) is 33.3 Å². The first-order valence-corrected chi connectivity index (χ1v) is 8.42. The number of aryl methyl sites for hydroxylation is 1. The van der Waals surface area contributed by atoms with E-state index in [9.17, 15) is 9.59 Å². The van der Waals surface area contributed by atoms with Gasteiger partial charge in [-0.3, -0.25) is 0 Å². The molecule has 2 aromatic heterocycles. The van der Waals surface area contributed by atoms with Crippen molar-refractivity contribution in [2.24, 2.45) is 0 Å². The Hall–Kier alpha value is -3.48. The number of nitrogens with zero attached hydrogens (tertiary/aromatic N) is 2. The fourth-order valence-corrected chi connectivity index (χ4v) is 2.62. The lowest BCUT2D eigenvalue weighted by Crippen LogP contribution is -2.10. The van der Waals surface area contributed by atoms with E-state index in [1.54, 1.807) is 31.2 Å². The van der Waals surface area contributed by atoms with E-state index in [-0.39, 0.29) is 6.61 Å². The number of carbonyl (C=O) groups excluding carboxylic acids is 2. The van der Waals surface area contributed by atoms with E-state index in [1.165, 1.54) is 13.3 Å². The van der Waals surface area contributed by atoms with Gasteiger partial charge in [0, 0.05) is 23.0 Å². The molecule has 0 aliphatic heterocycles. The van der Waals surface area contributed by atoms with Crippen molar-refractivity contribution in [1.82, 2.24) is 9.97 Å². The summed E-state index contributed by atoms with van der Waals surface area (Å²) in [5.74, 6) is -0.885. The molecule has 0 aliphatic carbocycles. The van der Waals surface area contributed by atoms with Crippen LogP contribution in [0.4, 0.5) is 11.4 Å². The normalized spacial score (nSPS) is 10.5. The van der Waals surface area contributed by atoms with Crippen LogP contribution in [0.3, 0.4) is 0 Å². The second-order valence-electron chi connectivity index (χ2n) is 5.79. The van der Waals surface area contributed by atoms with Crippen molar-refractivity contribution in [2.75, 3.05) is 19.0 Å². The van der Waals surface area contributed by atoms with Gasteiger partial charge in [-0.05, 0) is 50.2 Å². The van der Waals surface area contributed by atoms with Gasteiger partial charge in [-0.15, -0.1) is 0 Å². The molecule has 0 bridgehead atoms. The molecule has 7 heteroatoms. The number of anilines is 2. The highest BCUT2D eigenvalue weighted by Crippen LogP contribution is 2.29. The van der Waals surface area contributed by atoms with E-state index in [0.29, 0.717) is 33.5 Å². The Balaban J connectivity index is 2.06. The van der Waals surface area contributed by atoms with Crippen LogP contribution in [0.15, 0.2) is 42.6 Å². The second-order valence-corrected chi connectivity index (χ2v) is 5.79. The largest absolute Gasteiger partial charge is 0.465 e. The van der Waals surface area contributed by atoms with E-state index < -0.39 is 11.9 Å². The van der Waals surface area contributed by atoms with Gasteiger partial charge in [0.15, 0.2) is 5.65 Å². The molecule has 27 heavy (non-hydrogen) atoms. The SMILES string of the molecule is CCOC(=O)c1cnc2nc(C)ccc2c1Nc1ccc(C(=O)OC)cc1. The van der Waals surface area contributed by atoms with Crippen LogP contribution in [0.5, 0.6) is 0 Å². The minimum atomic E-state index is -0.471. The van der Waals surface area contributed by atoms with Crippen LogP contribution in [0.25, 0.3) is 11.0 Å². The minimum Gasteiger partial charge on any atom is -0.465 e. The fourth-order valence-electron chi connectivity index (χ4n) is 2.62. The summed E-state index contributed by atoms with van der Waals surface area (Å²) in [7, 11) is 1.33. The number of nitrogens with one attached hydrogen (secondary N) is 1. The number of esters is 2. The maximum Gasteiger partial charge on any atom is 0.341 e. The molecule has 0 unspecified atom stereocenters. The maximum absolute atomic E-state index is 12.4. The van der Waals surface area contributed by atoms with Crippen molar-refractivity contribution in [3.05, 3.63) is 59.4 Å². The van der Waals surface area contributed by atoms with Gasteiger partial charge in [-0.25, -0.2) is 19.6 Å². The van der Waals surface area contributed by atoms with Gasteiger partial charge in [0.25, 0.3) is 0 Å². The van der Waals surface area contributed by atoms with Crippen LogP contribution in [-0.2, 0) is 9.47 Å². The maximum atomic E-state index is 12.4. The Morgan fingerprint density at radius 1 is 1.07 bits per heavy atom. The first-order valence-electron chi connectivity index (χ1n) is 8.42. The van der Waals surface area contributed by atoms with Crippen LogP contribution in [0.2, 0.25) is 0 Å². The molecule has 3 aromatic rings. The monoisotopic (exact) mass is 365 g/mol. The molecular weight excluding hydrogens is 346 g/mol. The standard InChI is InChI=1S/C20H19N3O4/c1-4-27-20(25)16-11-21-18-15(10-5-12(2)22-18)17(16)23-14-8-6-13(7-9-14)19(24)26-3/h5-11H,4H2,1-3H3,(H,21,22,23). The van der Waals surface area contributed by atoms with E-state index in [0.717, 1.165) is 5.69 Å². The highest BCUT2D eigenvalue weighted by Gasteiger charge is 2.18. The average Bonchev–Trinajstić information content (AvgIpc) is 2.68. The quantitative estimate of drug-likeness (QED) is 0.690. The van der Waals surface area contributed by atoms with Crippen LogP contribution in [-0.4, -0.2) is 35.6 Å². The summed E-state index contributed by atoms with van der Waals surface area (Å²) in [4.78, 5) is 32.6. The summed E-state index contributed by atoms with van der Waals surface area (Å²) in [5, 5.41) is 3.92. The smallest absolute Gasteiger partial charge is 0.341 e. The summed E-state index contributed by atoms with van der Waals surface area (Å²) >= 11 is 0. The lowest BCUT2D eigenvalue weighted by molar-refractivity contribution is 0.0526. The number of fused-ring (bicyclic) bond motifs is 1. The molecule has 0 fully saturated rings. The van der Waals surface area contributed by atoms with Crippen LogP contribution >= 0.6 is 0 Å². The summed E-state index contributed by atoms with van der Waals surface area (Å²) in [5.41, 5.74) is 3.35. The number of ether oxygens (including phenoxy) is 2. The Kier molecular flexibility index (Phi) is 5.30. The molecule has 0 aliphatic rings. The molecule has 7 nitrogen and oxygen atoms in total. The van der Waals surface area contributed by atoms with Gasteiger partial charge in [0.2, 0.25) is 0 Å². The van der Waals surface area contributed by atoms with Crippen molar-refractivity contribution in [2.45, 2.75) is 13.8 Å². The molecule has 0 amide bonds. The Morgan fingerprint density at radius 2 is 1.81 bits per heavy atom. The van der Waals surface area contributed by atoms with Gasteiger partial charge >= 0.3 is 11.9 Å². The molecule has 3 rings (SSSR count). The first kappa shape index (κ1) is 18.3. The lowest BCUT2D eigenvalue weighted by atomic mass is 10.1. The van der Waals surface area contributed by atoms with Crippen LogP contribution < -0.4 is 5.32 Å². The van der Waals surface area contributed by atoms with Gasteiger partial charge in [0.1, 0.15) is 5.56 Å². The highest BCUT2D eigenvalue weighted by molar-refractivity contribution is 6.05. The molecule has 0 saturated heterocycles. The van der Waals surface area contributed by atoms with Gasteiger partial charge < -0.3 is 14.8 Å². The summed E-state index contributed by atoms with van der Waals surface area (Å²) in [6.07, 6.45) is 1.46. The zero-order valence-electron chi connectivity index (χ0n) is 15.3. The van der Waals surface area contributed by atoms with Crippen molar-refractivity contribution in [3.63, 3.8) is 0 Å². The number of pyridine rings is 2. The Bertz CT molecular complexity index is 1000. The Morgan fingerprint density at radius 3 is 2.48 bits per heavy atom. The third-order valence-electron chi connectivity index (χ3n) is 3.94. The highest BCUT2D eigenvalue weighted by atomic mass is 16.5. The van der Waals surface area contributed by atoms with E-state index >= 15 is 0 Å². The number of benzene rings is 1. The van der Waals surface area contributed by atoms with Crippen molar-refractivity contribution >= 4 is 34.3 Å². The number of aromatic nitrogens is 2. The number of rotatable bonds is 5. The molecule has 1 N–H and O–H groups in total. The third-order valence-corrected chi connectivity index (χ3v) is 3.94. The number of methoxy groups -OCH3 is 1. The summed E-state index contributed by atoms with van der Waals surface area (Å²) in [6.45, 7) is 3.88. The summed E-state index contributed by atoms with van der Waals surface area (Å²) < 4.78 is 9.85. The average molecular weight is 365 g/mol. The van der Waals surface area contributed by atoms with E-state index in [2.05, 4.69) is 15.3 Å². The van der Waals surface area contributed by atoms with E-state index in [1.807, 2.05) is 19.1 Å². The zero-order chi connectivity index (χ0) is 19.4. The van der Waals surface area contributed by atoms with Gasteiger partial charge in [-0.1, -0.05) is 0 Å². The predicted octanol–water partition coefficient (Wildman–Crippen LogP) is 3.65. The van der Waals surface area contributed by atoms with Gasteiger partial charge in [0.05, 0.1) is 25.0 Å². The zero-order valence-corrected chi connectivity index (χ0v) is 15.3. The number of carbonyl (C=O) groups is 2. The number of hydrogen-bond acceptors (Lipinski definition) is 7. The second kappa shape index (κ2) is 7.82. The Labute approximate surface area is 156 Å². The van der Waals surface area contributed by atoms with Crippen molar-refractivity contribution in [1.29, 1.82) is 0 Å². The molecule has 0 saturated carbocycles. The van der Waals surface area contributed by atoms with Crippen molar-refractivity contribution < 1.29 is 19.1 Å². The van der Waals surface area contributed by atoms with Crippen LogP contribution in [0, 0.1) is 6.92 Å². The third kappa shape index (κ3) is 3.87. The molecule has 0 atom stereocenters. The molecule has 0 radical (unpaired) electrons. The predicted molar refractivity (Wildman–Crippen MR) is 101 cm³/mol. The van der Waals surface area contributed by atoms with E-state index in [4.69, 9.17) is 9.47 Å².